The van der Waals surface area contributed by atoms with Crippen LogP contribution in [0.3, 0.4) is 0 Å². The van der Waals surface area contributed by atoms with Gasteiger partial charge in [0.1, 0.15) is 12.4 Å². The molecule has 1 aliphatic heterocycles. The summed E-state index contributed by atoms with van der Waals surface area (Å²) in [6, 6.07) is 30.9. The van der Waals surface area contributed by atoms with Gasteiger partial charge >= 0.3 is 0 Å². The minimum absolute atomic E-state index is 0.146. The summed E-state index contributed by atoms with van der Waals surface area (Å²) in [5.74, 6) is -0.923. The second kappa shape index (κ2) is 9.06. The zero-order chi connectivity index (χ0) is 25.5. The van der Waals surface area contributed by atoms with Crippen LogP contribution in [-0.2, 0) is 11.8 Å². The van der Waals surface area contributed by atoms with E-state index in [-0.39, 0.29) is 24.2 Å². The van der Waals surface area contributed by atoms with Gasteiger partial charge in [0.2, 0.25) is 5.91 Å². The zero-order valence-corrected chi connectivity index (χ0v) is 20.2. The molecule has 0 aliphatic carbocycles. The van der Waals surface area contributed by atoms with Crippen LogP contribution in [0.5, 0.6) is 0 Å². The molecule has 0 saturated heterocycles. The van der Waals surface area contributed by atoms with E-state index in [0.717, 1.165) is 33.3 Å². The molecule has 37 heavy (non-hydrogen) atoms. The van der Waals surface area contributed by atoms with E-state index in [2.05, 4.69) is 34.1 Å². The highest BCUT2D eigenvalue weighted by Crippen LogP contribution is 2.46. The van der Waals surface area contributed by atoms with Crippen molar-refractivity contribution >= 4 is 28.4 Å². The molecular weight excluding hydrogens is 465 g/mol. The Labute approximate surface area is 213 Å². The summed E-state index contributed by atoms with van der Waals surface area (Å²) in [6.45, 7) is -0.146. The molecule has 6 heteroatoms. The molecule has 0 saturated carbocycles. The molecule has 4 aromatic carbocycles. The molecule has 1 unspecified atom stereocenters. The highest BCUT2D eigenvalue weighted by Gasteiger charge is 2.41. The van der Waals surface area contributed by atoms with E-state index in [9.17, 15) is 14.0 Å². The zero-order valence-electron chi connectivity index (χ0n) is 20.2. The normalized spacial score (nSPS) is 14.7. The molecule has 6 rings (SSSR count). The van der Waals surface area contributed by atoms with Gasteiger partial charge in [-0.15, -0.1) is 0 Å². The Morgan fingerprint density at radius 3 is 2.32 bits per heavy atom. The van der Waals surface area contributed by atoms with Crippen molar-refractivity contribution in [1.29, 1.82) is 0 Å². The van der Waals surface area contributed by atoms with Gasteiger partial charge in [-0.3, -0.25) is 9.59 Å². The van der Waals surface area contributed by atoms with E-state index >= 15 is 0 Å². The van der Waals surface area contributed by atoms with E-state index in [1.165, 1.54) is 24.3 Å². The summed E-state index contributed by atoms with van der Waals surface area (Å²) >= 11 is 0. The predicted octanol–water partition coefficient (Wildman–Crippen LogP) is 6.17. The SMILES string of the molecule is Cn1c(-c2ccccc2)c(C2c3ccccc3C(=O)N2CC(=O)Nc2ccc(F)cc2)c2ccccc21. The van der Waals surface area contributed by atoms with E-state index < -0.39 is 6.04 Å². The van der Waals surface area contributed by atoms with Gasteiger partial charge in [-0.05, 0) is 47.5 Å². The molecule has 0 bridgehead atoms. The lowest BCUT2D eigenvalue weighted by molar-refractivity contribution is -0.117. The number of hydrogen-bond donors (Lipinski definition) is 1. The van der Waals surface area contributed by atoms with Gasteiger partial charge in [0.15, 0.2) is 0 Å². The van der Waals surface area contributed by atoms with Crippen LogP contribution >= 0.6 is 0 Å². The van der Waals surface area contributed by atoms with Gasteiger partial charge in [-0.25, -0.2) is 4.39 Å². The highest BCUT2D eigenvalue weighted by molar-refractivity contribution is 6.05. The molecule has 2 amide bonds. The van der Waals surface area contributed by atoms with E-state index in [1.54, 1.807) is 4.90 Å². The number of amides is 2. The third-order valence-electron chi connectivity index (χ3n) is 6.97. The number of nitrogens with one attached hydrogen (secondary N) is 1. The predicted molar refractivity (Wildman–Crippen MR) is 143 cm³/mol. The van der Waals surface area contributed by atoms with Crippen molar-refractivity contribution in [3.05, 3.63) is 126 Å². The number of aryl methyl sites for hydroxylation is 1. The monoisotopic (exact) mass is 489 g/mol. The fourth-order valence-corrected chi connectivity index (χ4v) is 5.38. The van der Waals surface area contributed by atoms with Crippen molar-refractivity contribution in [2.75, 3.05) is 11.9 Å². The van der Waals surface area contributed by atoms with Crippen LogP contribution in [0.1, 0.15) is 27.5 Å². The van der Waals surface area contributed by atoms with Crippen LogP contribution in [0.15, 0.2) is 103 Å². The van der Waals surface area contributed by atoms with Crippen LogP contribution < -0.4 is 5.32 Å². The molecule has 1 atom stereocenters. The van der Waals surface area contributed by atoms with E-state index in [4.69, 9.17) is 0 Å². The molecule has 182 valence electrons. The maximum absolute atomic E-state index is 13.7. The summed E-state index contributed by atoms with van der Waals surface area (Å²) in [6.07, 6.45) is 0. The molecule has 2 heterocycles. The first kappa shape index (κ1) is 22.7. The van der Waals surface area contributed by atoms with Gasteiger partial charge in [0, 0.05) is 34.8 Å². The minimum atomic E-state index is -0.455. The Morgan fingerprint density at radius 2 is 1.54 bits per heavy atom. The van der Waals surface area contributed by atoms with Crippen LogP contribution in [0.2, 0.25) is 0 Å². The number of rotatable bonds is 5. The van der Waals surface area contributed by atoms with Gasteiger partial charge in [0.05, 0.1) is 11.7 Å². The Morgan fingerprint density at radius 1 is 0.865 bits per heavy atom. The lowest BCUT2D eigenvalue weighted by atomic mass is 9.93. The van der Waals surface area contributed by atoms with Crippen molar-refractivity contribution in [1.82, 2.24) is 9.47 Å². The number of aromatic nitrogens is 1. The second-order valence-corrected chi connectivity index (χ2v) is 9.18. The summed E-state index contributed by atoms with van der Waals surface area (Å²) in [7, 11) is 2.03. The largest absolute Gasteiger partial charge is 0.343 e. The van der Waals surface area contributed by atoms with Crippen molar-refractivity contribution in [2.24, 2.45) is 7.05 Å². The second-order valence-electron chi connectivity index (χ2n) is 9.18. The van der Waals surface area contributed by atoms with Gasteiger partial charge < -0.3 is 14.8 Å². The molecule has 1 aliphatic rings. The smallest absolute Gasteiger partial charge is 0.255 e. The number of anilines is 1. The van der Waals surface area contributed by atoms with Crippen LogP contribution in [0, 0.1) is 5.82 Å². The third-order valence-corrected chi connectivity index (χ3v) is 6.97. The minimum Gasteiger partial charge on any atom is -0.343 e. The summed E-state index contributed by atoms with van der Waals surface area (Å²) in [4.78, 5) is 28.5. The standard InChI is InChI=1S/C31H24FN3O2/c1-34-26-14-8-7-13-25(26)28(29(34)20-9-3-2-4-10-20)30-23-11-5-6-12-24(23)31(37)35(30)19-27(36)33-22-17-15-21(32)16-18-22/h2-18,30H,19H2,1H3,(H,33,36). The number of hydrogen-bond acceptors (Lipinski definition) is 2. The maximum Gasteiger partial charge on any atom is 0.255 e. The summed E-state index contributed by atoms with van der Waals surface area (Å²) in [5, 5.41) is 3.83. The quantitative estimate of drug-likeness (QED) is 0.321. The number of fused-ring (bicyclic) bond motifs is 2. The first-order valence-corrected chi connectivity index (χ1v) is 12.1. The Bertz CT molecular complexity index is 1640. The lowest BCUT2D eigenvalue weighted by Gasteiger charge is -2.26. The Kier molecular flexibility index (Phi) is 5.57. The molecule has 5 nitrogen and oxygen atoms in total. The molecule has 5 aromatic rings. The van der Waals surface area contributed by atoms with Crippen LogP contribution in [-0.4, -0.2) is 27.8 Å². The summed E-state index contributed by atoms with van der Waals surface area (Å²) in [5.41, 5.74) is 6.00. The molecule has 0 spiro atoms. The maximum atomic E-state index is 13.7. The van der Waals surface area contributed by atoms with Crippen molar-refractivity contribution in [3.63, 3.8) is 0 Å². The van der Waals surface area contributed by atoms with Crippen LogP contribution in [0.4, 0.5) is 10.1 Å². The Balaban J connectivity index is 1.50. The number of benzene rings is 4. The van der Waals surface area contributed by atoms with Gasteiger partial charge in [-0.2, -0.15) is 0 Å². The molecular formula is C31H24FN3O2. The third kappa shape index (κ3) is 3.87. The number of carbonyl (C=O) groups excluding carboxylic acids is 2. The number of halogens is 1. The fourth-order valence-electron chi connectivity index (χ4n) is 5.38. The number of para-hydroxylation sites is 1. The van der Waals surface area contributed by atoms with Crippen molar-refractivity contribution in [2.45, 2.75) is 6.04 Å². The van der Waals surface area contributed by atoms with E-state index in [1.807, 2.05) is 61.6 Å². The van der Waals surface area contributed by atoms with Gasteiger partial charge in [0.25, 0.3) is 5.91 Å². The molecule has 0 radical (unpaired) electrons. The molecule has 1 N–H and O–H groups in total. The lowest BCUT2D eigenvalue weighted by Crippen LogP contribution is -2.36. The van der Waals surface area contributed by atoms with E-state index in [0.29, 0.717) is 11.3 Å². The van der Waals surface area contributed by atoms with Crippen molar-refractivity contribution < 1.29 is 14.0 Å². The number of carbonyl (C=O) groups is 2. The first-order chi connectivity index (χ1) is 18.0. The topological polar surface area (TPSA) is 54.3 Å². The number of nitrogens with zero attached hydrogens (tertiary/aromatic N) is 2. The first-order valence-electron chi connectivity index (χ1n) is 12.1. The molecule has 0 fully saturated rings. The van der Waals surface area contributed by atoms with Crippen molar-refractivity contribution in [3.8, 4) is 11.3 Å². The highest BCUT2D eigenvalue weighted by atomic mass is 19.1. The fraction of sp³-hybridized carbons (Fsp3) is 0.0968. The average Bonchev–Trinajstić information content (AvgIpc) is 3.36. The average molecular weight is 490 g/mol. The summed E-state index contributed by atoms with van der Waals surface area (Å²) < 4.78 is 15.5. The van der Waals surface area contributed by atoms with Gasteiger partial charge in [-0.1, -0.05) is 66.7 Å². The molecule has 1 aromatic heterocycles. The Hall–Kier alpha value is -4.71. The van der Waals surface area contributed by atoms with Crippen LogP contribution in [0.25, 0.3) is 22.2 Å².